The number of hydrogen-bond donors (Lipinski definition) is 1. The number of alkyl halides is 1. The molecular weight excluding hydrogens is 462 g/mol. The number of esters is 1. The fourth-order valence-corrected chi connectivity index (χ4v) is 4.52. The van der Waals surface area contributed by atoms with Gasteiger partial charge in [0.15, 0.2) is 5.60 Å². The summed E-state index contributed by atoms with van der Waals surface area (Å²) in [6, 6.07) is 15.9. The Kier molecular flexibility index (Phi) is 5.65. The fraction of sp³-hybridized carbons (Fsp3) is 0.321. The maximum atomic E-state index is 14.7. The summed E-state index contributed by atoms with van der Waals surface area (Å²) in [4.78, 5) is 13.0. The second kappa shape index (κ2) is 8.35. The smallest absolute Gasteiger partial charge is 0.340 e. The molecule has 185 valence electrons. The Balaban J connectivity index is 1.70. The van der Waals surface area contributed by atoms with E-state index >= 15 is 0 Å². The molecule has 1 spiro atoms. The molecule has 0 saturated carbocycles. The van der Waals surface area contributed by atoms with Crippen LogP contribution in [0.25, 0.3) is 0 Å². The highest BCUT2D eigenvalue weighted by molar-refractivity contribution is 6.48. The van der Waals surface area contributed by atoms with Gasteiger partial charge in [0.2, 0.25) is 0 Å². The zero-order chi connectivity index (χ0) is 25.9. The van der Waals surface area contributed by atoms with Crippen LogP contribution in [0.3, 0.4) is 0 Å². The van der Waals surface area contributed by atoms with Crippen LogP contribution in [-0.4, -0.2) is 36.9 Å². The van der Waals surface area contributed by atoms with Gasteiger partial charge in [0.1, 0.15) is 23.9 Å². The van der Waals surface area contributed by atoms with Crippen molar-refractivity contribution in [1.29, 1.82) is 0 Å². The van der Waals surface area contributed by atoms with Crippen LogP contribution in [0, 0.1) is 0 Å². The minimum Gasteiger partial charge on any atom is -0.497 e. The van der Waals surface area contributed by atoms with Crippen LogP contribution in [0.1, 0.15) is 60.3 Å². The third-order valence-corrected chi connectivity index (χ3v) is 7.32. The molecule has 0 saturated heterocycles. The number of benzene rings is 3. The minimum atomic E-state index is -1.31. The normalized spacial score (nSPS) is 18.1. The van der Waals surface area contributed by atoms with Gasteiger partial charge in [-0.15, -0.1) is 0 Å². The fourth-order valence-electron chi connectivity index (χ4n) is 4.52. The Bertz CT molecular complexity index is 1360. The number of hydrogen-bond acceptors (Lipinski definition) is 6. The number of methoxy groups -OCH3 is 1. The van der Waals surface area contributed by atoms with E-state index in [1.807, 2.05) is 12.1 Å². The average Bonchev–Trinajstić information content (AvgIpc) is 3.14. The number of aliphatic hydroxyl groups is 1. The molecule has 3 aromatic carbocycles. The molecule has 6 nitrogen and oxygen atoms in total. The molecule has 1 radical (unpaired) electrons. The molecule has 0 bridgehead atoms. The molecule has 0 aliphatic carbocycles. The van der Waals surface area contributed by atoms with Gasteiger partial charge in [0, 0.05) is 28.3 Å². The van der Waals surface area contributed by atoms with Crippen molar-refractivity contribution < 1.29 is 33.2 Å². The van der Waals surface area contributed by atoms with Crippen LogP contribution in [-0.2, 0) is 21.7 Å². The van der Waals surface area contributed by atoms with Crippen molar-refractivity contribution >= 4 is 18.9 Å². The number of ether oxygens (including phenoxy) is 3. The average molecular weight is 489 g/mol. The van der Waals surface area contributed by atoms with Gasteiger partial charge in [0.25, 0.3) is 0 Å². The first-order valence-electron chi connectivity index (χ1n) is 11.7. The van der Waals surface area contributed by atoms with Gasteiger partial charge >= 0.3 is 13.5 Å². The Morgan fingerprint density at radius 3 is 2.44 bits per heavy atom. The van der Waals surface area contributed by atoms with Crippen molar-refractivity contribution in [3.63, 3.8) is 0 Å². The van der Waals surface area contributed by atoms with Crippen LogP contribution >= 0.6 is 0 Å². The lowest BCUT2D eigenvalue weighted by molar-refractivity contribution is -0.0893. The summed E-state index contributed by atoms with van der Waals surface area (Å²) in [5.74, 6) is 0.731. The minimum absolute atomic E-state index is 0.243. The van der Waals surface area contributed by atoms with Gasteiger partial charge in [-0.05, 0) is 51.4 Å². The summed E-state index contributed by atoms with van der Waals surface area (Å²) < 4.78 is 38.4. The molecule has 2 aliphatic rings. The van der Waals surface area contributed by atoms with Crippen LogP contribution in [0.4, 0.5) is 4.39 Å². The maximum absolute atomic E-state index is 14.7. The van der Waals surface area contributed by atoms with Crippen molar-refractivity contribution in [2.75, 3.05) is 7.11 Å². The topological polar surface area (TPSA) is 74.2 Å². The van der Waals surface area contributed by atoms with Crippen LogP contribution in [0.5, 0.6) is 17.2 Å². The molecule has 0 fully saturated rings. The highest BCUT2D eigenvalue weighted by atomic mass is 19.1. The number of rotatable bonds is 6. The second-order valence-electron chi connectivity index (χ2n) is 10.0. The number of carbonyl (C=O) groups excluding carboxylic acids is 1. The number of halogens is 1. The Morgan fingerprint density at radius 1 is 1.03 bits per heavy atom. The summed E-state index contributed by atoms with van der Waals surface area (Å²) in [5.41, 5.74) is -0.464. The molecule has 36 heavy (non-hydrogen) atoms. The highest BCUT2D eigenvalue weighted by Gasteiger charge is 2.54. The van der Waals surface area contributed by atoms with Gasteiger partial charge in [-0.3, -0.25) is 0 Å². The summed E-state index contributed by atoms with van der Waals surface area (Å²) >= 11 is 0. The van der Waals surface area contributed by atoms with Gasteiger partial charge in [0.05, 0.1) is 23.9 Å². The van der Waals surface area contributed by atoms with Crippen molar-refractivity contribution in [3.05, 3.63) is 82.4 Å². The van der Waals surface area contributed by atoms with Crippen molar-refractivity contribution in [3.8, 4) is 17.2 Å². The molecule has 1 unspecified atom stereocenters. The van der Waals surface area contributed by atoms with E-state index in [0.717, 1.165) is 0 Å². The van der Waals surface area contributed by atoms with Crippen molar-refractivity contribution in [1.82, 2.24) is 0 Å². The van der Waals surface area contributed by atoms with Crippen LogP contribution < -0.4 is 14.9 Å². The van der Waals surface area contributed by atoms with Gasteiger partial charge in [-0.2, -0.15) is 0 Å². The standard InChI is InChI=1S/C28H27BFO6/c1-26(2,32)27(3,4)36-29-22-13-12-21-24(18(22)15-30)34-23-14-16(33-5)10-11-20(23)28(21)19-9-7-6-8-17(19)25(31)35-28/h6-14,32H,15H2,1-5H3. The quantitative estimate of drug-likeness (QED) is 0.405. The van der Waals surface area contributed by atoms with E-state index in [2.05, 4.69) is 0 Å². The number of carbonyl (C=O) groups is 1. The molecule has 2 heterocycles. The predicted molar refractivity (Wildman–Crippen MR) is 133 cm³/mol. The largest absolute Gasteiger partial charge is 0.497 e. The van der Waals surface area contributed by atoms with Gasteiger partial charge in [-0.25, -0.2) is 9.18 Å². The van der Waals surface area contributed by atoms with Crippen molar-refractivity contribution in [2.24, 2.45) is 0 Å². The van der Waals surface area contributed by atoms with Gasteiger partial charge in [-0.1, -0.05) is 30.3 Å². The molecule has 2 aliphatic heterocycles. The highest BCUT2D eigenvalue weighted by Crippen LogP contribution is 2.57. The number of fused-ring (bicyclic) bond motifs is 6. The van der Waals surface area contributed by atoms with E-state index in [-0.39, 0.29) is 11.3 Å². The first-order valence-corrected chi connectivity index (χ1v) is 11.7. The second-order valence-corrected chi connectivity index (χ2v) is 10.0. The summed E-state index contributed by atoms with van der Waals surface area (Å²) in [7, 11) is 2.97. The Labute approximate surface area is 210 Å². The molecule has 0 amide bonds. The van der Waals surface area contributed by atoms with E-state index < -0.39 is 29.4 Å². The van der Waals surface area contributed by atoms with Crippen molar-refractivity contribution in [2.45, 2.75) is 51.2 Å². The van der Waals surface area contributed by atoms with E-state index in [9.17, 15) is 14.3 Å². The van der Waals surface area contributed by atoms with E-state index in [1.165, 1.54) is 7.48 Å². The van der Waals surface area contributed by atoms with Crippen LogP contribution in [0.2, 0.25) is 0 Å². The molecule has 1 atom stereocenters. The van der Waals surface area contributed by atoms with E-state index in [1.54, 1.807) is 77.3 Å². The molecule has 3 aromatic rings. The zero-order valence-corrected chi connectivity index (χ0v) is 20.8. The molecule has 1 N–H and O–H groups in total. The zero-order valence-electron chi connectivity index (χ0n) is 20.8. The van der Waals surface area contributed by atoms with E-state index in [4.69, 9.17) is 18.9 Å². The summed E-state index contributed by atoms with van der Waals surface area (Å²) in [5, 5.41) is 10.5. The predicted octanol–water partition coefficient (Wildman–Crippen LogP) is 4.54. The lowest BCUT2D eigenvalue weighted by Gasteiger charge is -2.39. The Morgan fingerprint density at radius 2 is 1.75 bits per heavy atom. The lowest BCUT2D eigenvalue weighted by atomic mass is 9.73. The molecule has 8 heteroatoms. The molecule has 5 rings (SSSR count). The third kappa shape index (κ3) is 3.51. The lowest BCUT2D eigenvalue weighted by Crippen LogP contribution is -2.49. The first-order chi connectivity index (χ1) is 17.0. The first kappa shape index (κ1) is 24.3. The summed E-state index contributed by atoms with van der Waals surface area (Å²) in [6.07, 6.45) is 0. The SMILES string of the molecule is COc1ccc2c(c1)Oc1c(ccc([B]OC(C)(C)C(C)(C)O)c1CF)C21OC(=O)c2ccccc21. The molecule has 0 aromatic heterocycles. The molecular formula is C28H27BFO6. The van der Waals surface area contributed by atoms with E-state index in [0.29, 0.717) is 39.2 Å². The van der Waals surface area contributed by atoms with Crippen LogP contribution in [0.15, 0.2) is 54.6 Å². The Hall–Kier alpha value is -3.36. The monoisotopic (exact) mass is 489 g/mol. The van der Waals surface area contributed by atoms with Gasteiger partial charge < -0.3 is 24.0 Å². The third-order valence-electron chi connectivity index (χ3n) is 7.32. The maximum Gasteiger partial charge on any atom is 0.340 e. The summed E-state index contributed by atoms with van der Waals surface area (Å²) in [6.45, 7) is 5.94.